The summed E-state index contributed by atoms with van der Waals surface area (Å²) in [5.74, 6) is -14.7. The highest BCUT2D eigenvalue weighted by atomic mass is 32.1. The van der Waals surface area contributed by atoms with Crippen LogP contribution >= 0.6 is 25.3 Å². The van der Waals surface area contributed by atoms with Gasteiger partial charge in [0.05, 0.1) is 19.1 Å². The van der Waals surface area contributed by atoms with E-state index in [0.29, 0.717) is 17.5 Å². The average Bonchev–Trinajstić information content (AvgIpc) is 2.72. The molecule has 16 N–H and O–H groups in total. The lowest BCUT2D eigenvalue weighted by Gasteiger charge is -2.31. The highest BCUT2D eigenvalue weighted by molar-refractivity contribution is 7.80. The number of nitrogens with zero attached hydrogens (tertiary/aromatic N) is 1. The van der Waals surface area contributed by atoms with E-state index < -0.39 is 170 Å². The predicted octanol–water partition coefficient (Wildman–Crippen LogP) is -2.36. The molecule has 1 heterocycles. The molecule has 0 bridgehead atoms. The molecule has 9 amide bonds. The van der Waals surface area contributed by atoms with Crippen molar-refractivity contribution in [2.45, 2.75) is 132 Å². The molecule has 86 heavy (non-hydrogen) atoms. The van der Waals surface area contributed by atoms with Gasteiger partial charge in [-0.2, -0.15) is 25.3 Å². The summed E-state index contributed by atoms with van der Waals surface area (Å²) >= 11 is 8.01. The van der Waals surface area contributed by atoms with Crippen LogP contribution in [0.25, 0.3) is 0 Å². The summed E-state index contributed by atoms with van der Waals surface area (Å²) in [6.07, 6.45) is -2.68. The van der Waals surface area contributed by atoms with Gasteiger partial charge >= 0.3 is 17.9 Å². The fourth-order valence-electron chi connectivity index (χ4n) is 8.94. The maximum atomic E-state index is 14.6. The highest BCUT2D eigenvalue weighted by Gasteiger charge is 2.41. The zero-order valence-corrected chi connectivity index (χ0v) is 48.8. The standard InChI is InChI=1S/C56H74N10O18S2/c1-3-29(2)46(65-47(74)35(57)27-85)54(81)62-39(22-30-8-5-4-6-9-30)48(75)58-36(19-20-44(70)71)55(82)66-21-7-10-43(66)53(80)61-40(25-45(72)73)51(78)59-37(23-31-11-15-33(68)16-12-31)49(76)63-41(26-67)52(79)60-38(24-32-13-17-34(69)18-14-32)50(77)64-42(28-86)56(83)84/h4-6,8-9,11-18,29,35-43,46,67-69,85-86H,3,7,10,19-28,57H2,1-2H3,(H,58,75)(H,59,78)(H,60,79)(H,61,80)(H,62,81)(H,63,76)(H,64,77)(H,65,74)(H,70,71)(H,72,73)(H,83,84)/t29-,35-,36-,37-,38-,39-,40-,41-,42-,43-,46-/m0/s1. The van der Waals surface area contributed by atoms with E-state index in [1.54, 1.807) is 44.2 Å². The van der Waals surface area contributed by atoms with Crippen molar-refractivity contribution in [2.24, 2.45) is 11.7 Å². The molecular weight excluding hydrogens is 1160 g/mol. The first-order valence-corrected chi connectivity index (χ1v) is 28.6. The summed E-state index contributed by atoms with van der Waals surface area (Å²) in [5.41, 5.74) is 7.08. The molecule has 4 rings (SSSR count). The largest absolute Gasteiger partial charge is 0.508 e. The molecule has 3 aromatic rings. The van der Waals surface area contributed by atoms with Gasteiger partial charge in [0, 0.05) is 43.7 Å². The molecule has 0 aromatic heterocycles. The van der Waals surface area contributed by atoms with E-state index in [9.17, 15) is 88.2 Å². The van der Waals surface area contributed by atoms with Gasteiger partial charge < -0.3 is 83.8 Å². The number of thiol groups is 2. The number of aromatic hydroxyl groups is 2. The number of carboxylic acids is 3. The Morgan fingerprint density at radius 2 is 1.01 bits per heavy atom. The first-order valence-electron chi connectivity index (χ1n) is 27.4. The molecule has 1 aliphatic rings. The molecule has 3 aromatic carbocycles. The van der Waals surface area contributed by atoms with Crippen LogP contribution in [0, 0.1) is 5.92 Å². The van der Waals surface area contributed by atoms with Gasteiger partial charge in [-0.05, 0) is 66.1 Å². The Bertz CT molecular complexity index is 2870. The van der Waals surface area contributed by atoms with E-state index in [0.717, 1.165) is 4.90 Å². The van der Waals surface area contributed by atoms with Crippen LogP contribution in [-0.2, 0) is 76.8 Å². The monoisotopic (exact) mass is 1240 g/mol. The number of carbonyl (C=O) groups excluding carboxylic acids is 9. The first-order chi connectivity index (χ1) is 40.8. The van der Waals surface area contributed by atoms with Crippen molar-refractivity contribution in [1.82, 2.24) is 47.4 Å². The van der Waals surface area contributed by atoms with Crippen LogP contribution < -0.4 is 48.3 Å². The number of benzene rings is 3. The Kier molecular flexibility index (Phi) is 28.1. The van der Waals surface area contributed by atoms with E-state index in [1.807, 2.05) is 0 Å². The zero-order valence-electron chi connectivity index (χ0n) is 47.1. The van der Waals surface area contributed by atoms with Gasteiger partial charge in [0.2, 0.25) is 53.2 Å². The molecule has 1 saturated heterocycles. The number of hydrogen-bond donors (Lipinski definition) is 17. The lowest BCUT2D eigenvalue weighted by atomic mass is 9.96. The van der Waals surface area contributed by atoms with Gasteiger partial charge in [-0.1, -0.05) is 74.9 Å². The van der Waals surface area contributed by atoms with E-state index >= 15 is 0 Å². The average molecular weight is 1240 g/mol. The van der Waals surface area contributed by atoms with Crippen LogP contribution in [-0.4, -0.2) is 192 Å². The van der Waals surface area contributed by atoms with Crippen molar-refractivity contribution < 1.29 is 88.2 Å². The van der Waals surface area contributed by atoms with E-state index in [4.69, 9.17) is 5.73 Å². The Labute approximate surface area is 505 Å². The summed E-state index contributed by atoms with van der Waals surface area (Å²) in [7, 11) is 0. The Hall–Kier alpha value is -8.48. The number of nitrogens with one attached hydrogen (secondary N) is 8. The summed E-state index contributed by atoms with van der Waals surface area (Å²) in [4.78, 5) is 163. The summed E-state index contributed by atoms with van der Waals surface area (Å²) in [6, 6.07) is 3.57. The van der Waals surface area contributed by atoms with Crippen molar-refractivity contribution in [3.63, 3.8) is 0 Å². The number of rotatable bonds is 34. The third-order valence-electron chi connectivity index (χ3n) is 14.0. The van der Waals surface area contributed by atoms with Gasteiger partial charge in [-0.15, -0.1) is 0 Å². The smallest absolute Gasteiger partial charge is 0.327 e. The number of amides is 9. The van der Waals surface area contributed by atoms with Crippen LogP contribution in [0.15, 0.2) is 78.9 Å². The quantitative estimate of drug-likeness (QED) is 0.0278. The molecule has 0 spiro atoms. The maximum absolute atomic E-state index is 14.6. The maximum Gasteiger partial charge on any atom is 0.327 e. The fraction of sp³-hybridized carbons (Fsp3) is 0.464. The van der Waals surface area contributed by atoms with Crippen molar-refractivity contribution in [3.05, 3.63) is 95.6 Å². The van der Waals surface area contributed by atoms with Gasteiger partial charge in [0.25, 0.3) is 0 Å². The van der Waals surface area contributed by atoms with E-state index in [1.165, 1.54) is 48.5 Å². The zero-order chi connectivity index (χ0) is 63.8. The summed E-state index contributed by atoms with van der Waals surface area (Å²) in [6.45, 7) is 2.20. The summed E-state index contributed by atoms with van der Waals surface area (Å²) < 4.78 is 0. The number of likely N-dealkylation sites (tertiary alicyclic amines) is 1. The van der Waals surface area contributed by atoms with Crippen LogP contribution in [0.3, 0.4) is 0 Å². The third-order valence-corrected chi connectivity index (χ3v) is 14.7. The number of aliphatic hydroxyl groups excluding tert-OH is 1. The normalized spacial score (nSPS) is 16.3. The van der Waals surface area contributed by atoms with Crippen LogP contribution in [0.4, 0.5) is 0 Å². The Balaban J connectivity index is 1.60. The van der Waals surface area contributed by atoms with Crippen molar-refractivity contribution in [2.75, 3.05) is 24.7 Å². The summed E-state index contributed by atoms with van der Waals surface area (Å²) in [5, 5.41) is 78.8. The number of hydrogen-bond acceptors (Lipinski definition) is 18. The number of carboxylic acid groups (broad SMARTS) is 3. The lowest BCUT2D eigenvalue weighted by molar-refractivity contribution is -0.145. The molecule has 28 nitrogen and oxygen atoms in total. The van der Waals surface area contributed by atoms with Gasteiger partial charge in [0.15, 0.2) is 0 Å². The minimum atomic E-state index is -1.99. The molecule has 0 saturated carbocycles. The second-order valence-electron chi connectivity index (χ2n) is 20.4. The van der Waals surface area contributed by atoms with E-state index in [2.05, 4.69) is 67.8 Å². The fourth-order valence-corrected chi connectivity index (χ4v) is 9.35. The highest BCUT2D eigenvalue weighted by Crippen LogP contribution is 2.22. The molecular formula is C56H74N10O18S2. The number of phenols is 2. The number of nitrogens with two attached hydrogens (primary N) is 1. The van der Waals surface area contributed by atoms with Gasteiger partial charge in [-0.25, -0.2) is 4.79 Å². The number of aliphatic carboxylic acids is 3. The lowest BCUT2D eigenvalue weighted by Crippen LogP contribution is -2.61. The second kappa shape index (κ2) is 34.5. The molecule has 1 fully saturated rings. The molecule has 0 radical (unpaired) electrons. The van der Waals surface area contributed by atoms with Gasteiger partial charge in [0.1, 0.15) is 65.9 Å². The van der Waals surface area contributed by atoms with Crippen molar-refractivity contribution in [1.29, 1.82) is 0 Å². The SMILES string of the molecule is CC[C@H](C)[C@H](NC(=O)[C@@H](N)CS)C(=O)N[C@@H](Cc1ccccc1)C(=O)N[C@@H](CCC(=O)O)C(=O)N1CCC[C@H]1C(=O)N[C@@H](CC(=O)O)C(=O)N[C@@H](Cc1ccc(O)cc1)C(=O)N[C@@H](CO)C(=O)N[C@@H](Cc1ccc(O)cc1)C(=O)N[C@@H](CS)C(=O)O. The Morgan fingerprint density at radius 1 is 0.558 bits per heavy atom. The minimum absolute atomic E-state index is 0.0384. The topological polar surface area (TPSA) is 452 Å². The number of aliphatic hydroxyl groups is 1. The second-order valence-corrected chi connectivity index (χ2v) is 21.2. The molecule has 0 unspecified atom stereocenters. The van der Waals surface area contributed by atoms with Crippen molar-refractivity contribution in [3.8, 4) is 11.5 Å². The van der Waals surface area contributed by atoms with Crippen molar-refractivity contribution >= 4 is 96.3 Å². The predicted molar refractivity (Wildman–Crippen MR) is 313 cm³/mol. The van der Waals surface area contributed by atoms with Crippen LogP contribution in [0.5, 0.6) is 11.5 Å². The first kappa shape index (κ1) is 70.0. The third kappa shape index (κ3) is 21.9. The molecule has 0 aliphatic carbocycles. The van der Waals surface area contributed by atoms with Crippen LogP contribution in [0.1, 0.15) is 69.1 Å². The number of carbonyl (C=O) groups is 12. The molecule has 11 atom stereocenters. The Morgan fingerprint density at radius 3 is 1.47 bits per heavy atom. The van der Waals surface area contributed by atoms with Gasteiger partial charge in [-0.3, -0.25) is 52.7 Å². The molecule has 468 valence electrons. The van der Waals surface area contributed by atoms with E-state index in [-0.39, 0.29) is 60.8 Å². The molecule has 1 aliphatic heterocycles. The number of phenolic OH excluding ortho intramolecular Hbond substituents is 2. The molecule has 30 heteroatoms. The van der Waals surface area contributed by atoms with Crippen LogP contribution in [0.2, 0.25) is 0 Å². The minimum Gasteiger partial charge on any atom is -0.508 e.